The third-order valence-electron chi connectivity index (χ3n) is 3.62. The van der Waals surface area contributed by atoms with Crippen molar-refractivity contribution in [2.24, 2.45) is 0 Å². The first kappa shape index (κ1) is 12.6. The van der Waals surface area contributed by atoms with Crippen molar-refractivity contribution in [2.75, 3.05) is 7.11 Å². The molecule has 2 N–H and O–H groups in total. The van der Waals surface area contributed by atoms with E-state index in [9.17, 15) is 5.11 Å². The van der Waals surface area contributed by atoms with Crippen LogP contribution in [0.2, 0.25) is 0 Å². The molecule has 0 amide bonds. The van der Waals surface area contributed by atoms with Crippen LogP contribution in [0.4, 0.5) is 0 Å². The molecule has 0 radical (unpaired) electrons. The number of hydrogen-bond donors (Lipinski definition) is 2. The van der Waals surface area contributed by atoms with Gasteiger partial charge in [-0.25, -0.2) is 0 Å². The maximum Gasteiger partial charge on any atom is 0.118 e. The van der Waals surface area contributed by atoms with Crippen molar-refractivity contribution >= 4 is 10.9 Å². The third-order valence-corrected chi connectivity index (χ3v) is 3.62. The van der Waals surface area contributed by atoms with Crippen molar-refractivity contribution < 1.29 is 9.84 Å². The molecule has 1 aromatic heterocycles. The second-order valence-electron chi connectivity index (χ2n) is 4.79. The number of benzene rings is 2. The Morgan fingerprint density at radius 2 is 1.85 bits per heavy atom. The number of phenols is 1. The lowest BCUT2D eigenvalue weighted by Crippen LogP contribution is -1.86. The van der Waals surface area contributed by atoms with Gasteiger partial charge in [0.1, 0.15) is 11.5 Å². The monoisotopic (exact) mass is 267 g/mol. The lowest BCUT2D eigenvalue weighted by atomic mass is 10.0. The highest BCUT2D eigenvalue weighted by Crippen LogP contribution is 2.33. The van der Waals surface area contributed by atoms with Gasteiger partial charge in [-0.05, 0) is 60.0 Å². The third kappa shape index (κ3) is 2.01. The van der Waals surface area contributed by atoms with Crippen LogP contribution >= 0.6 is 0 Å². The molecule has 3 nitrogen and oxygen atoms in total. The van der Waals surface area contributed by atoms with Crippen LogP contribution in [0.25, 0.3) is 22.2 Å². The number of ether oxygens (including phenoxy) is 1. The maximum absolute atomic E-state index is 9.67. The van der Waals surface area contributed by atoms with Crippen LogP contribution in [0, 0.1) is 0 Å². The molecule has 0 fully saturated rings. The second kappa shape index (κ2) is 4.93. The van der Waals surface area contributed by atoms with Crippen LogP contribution in [0.15, 0.2) is 42.5 Å². The van der Waals surface area contributed by atoms with Crippen LogP contribution < -0.4 is 4.74 Å². The Hall–Kier alpha value is -2.42. The quantitative estimate of drug-likeness (QED) is 0.750. The number of rotatable bonds is 3. The van der Waals surface area contributed by atoms with Crippen LogP contribution in [-0.4, -0.2) is 17.2 Å². The minimum Gasteiger partial charge on any atom is -0.508 e. The Kier molecular flexibility index (Phi) is 3.11. The average Bonchev–Trinajstić information content (AvgIpc) is 2.85. The standard InChI is InChI=1S/C17H17NO2/c1-3-14-15-10-12(19)6-9-16(15)18-17(14)11-4-7-13(20-2)8-5-11/h4-10,18-19H,3H2,1-2H3. The van der Waals surface area contributed by atoms with Crippen LogP contribution in [0.3, 0.4) is 0 Å². The fourth-order valence-electron chi connectivity index (χ4n) is 2.61. The van der Waals surface area contributed by atoms with Gasteiger partial charge in [-0.3, -0.25) is 0 Å². The van der Waals surface area contributed by atoms with Gasteiger partial charge < -0.3 is 14.8 Å². The second-order valence-corrected chi connectivity index (χ2v) is 4.79. The predicted molar refractivity (Wildman–Crippen MR) is 81.3 cm³/mol. The fourth-order valence-corrected chi connectivity index (χ4v) is 2.61. The average molecular weight is 267 g/mol. The van der Waals surface area contributed by atoms with Crippen LogP contribution in [0.1, 0.15) is 12.5 Å². The van der Waals surface area contributed by atoms with E-state index in [1.165, 1.54) is 5.56 Å². The molecule has 2 aromatic carbocycles. The zero-order valence-corrected chi connectivity index (χ0v) is 11.6. The van der Waals surface area contributed by atoms with Crippen molar-refractivity contribution in [3.05, 3.63) is 48.0 Å². The normalized spacial score (nSPS) is 10.9. The highest BCUT2D eigenvalue weighted by molar-refractivity contribution is 5.91. The van der Waals surface area contributed by atoms with Crippen molar-refractivity contribution in [1.29, 1.82) is 0 Å². The van der Waals surface area contributed by atoms with Gasteiger partial charge in [0.05, 0.1) is 7.11 Å². The lowest BCUT2D eigenvalue weighted by Gasteiger charge is -2.04. The highest BCUT2D eigenvalue weighted by Gasteiger charge is 2.12. The molecular weight excluding hydrogens is 250 g/mol. The zero-order chi connectivity index (χ0) is 14.1. The van der Waals surface area contributed by atoms with E-state index >= 15 is 0 Å². The number of fused-ring (bicyclic) bond motifs is 1. The summed E-state index contributed by atoms with van der Waals surface area (Å²) in [4.78, 5) is 3.44. The summed E-state index contributed by atoms with van der Waals surface area (Å²) >= 11 is 0. The summed E-state index contributed by atoms with van der Waals surface area (Å²) in [5, 5.41) is 10.7. The molecule has 0 spiro atoms. The number of phenolic OH excluding ortho intramolecular Hbond substituents is 1. The van der Waals surface area contributed by atoms with E-state index in [0.717, 1.165) is 34.3 Å². The largest absolute Gasteiger partial charge is 0.508 e. The number of aromatic nitrogens is 1. The maximum atomic E-state index is 9.67. The number of methoxy groups -OCH3 is 1. The molecule has 1 heterocycles. The summed E-state index contributed by atoms with van der Waals surface area (Å²) in [6.45, 7) is 2.12. The summed E-state index contributed by atoms with van der Waals surface area (Å²) in [5.41, 5.74) is 4.50. The van der Waals surface area contributed by atoms with Gasteiger partial charge in [0.2, 0.25) is 0 Å². The SMILES string of the molecule is CCc1c(-c2ccc(OC)cc2)[nH]c2ccc(O)cc12. The summed E-state index contributed by atoms with van der Waals surface area (Å²) in [5.74, 6) is 1.15. The van der Waals surface area contributed by atoms with Crippen molar-refractivity contribution in [2.45, 2.75) is 13.3 Å². The number of H-pyrrole nitrogens is 1. The van der Waals surface area contributed by atoms with E-state index in [2.05, 4.69) is 11.9 Å². The topological polar surface area (TPSA) is 45.2 Å². The molecule has 3 aromatic rings. The number of aromatic hydroxyl groups is 1. The first-order valence-corrected chi connectivity index (χ1v) is 6.71. The molecule has 0 atom stereocenters. The van der Waals surface area contributed by atoms with Gasteiger partial charge in [0.25, 0.3) is 0 Å². The lowest BCUT2D eigenvalue weighted by molar-refractivity contribution is 0.415. The summed E-state index contributed by atoms with van der Waals surface area (Å²) in [6, 6.07) is 13.4. The van der Waals surface area contributed by atoms with Gasteiger partial charge in [-0.15, -0.1) is 0 Å². The summed E-state index contributed by atoms with van der Waals surface area (Å²) in [7, 11) is 1.66. The summed E-state index contributed by atoms with van der Waals surface area (Å²) < 4.78 is 5.19. The Bertz CT molecular complexity index is 742. The molecule has 0 aliphatic rings. The minimum absolute atomic E-state index is 0.299. The first-order chi connectivity index (χ1) is 9.72. The van der Waals surface area contributed by atoms with E-state index in [1.54, 1.807) is 13.2 Å². The van der Waals surface area contributed by atoms with Gasteiger partial charge in [-0.2, -0.15) is 0 Å². The van der Waals surface area contributed by atoms with E-state index in [0.29, 0.717) is 5.75 Å². The molecule has 0 unspecified atom stereocenters. The molecule has 102 valence electrons. The van der Waals surface area contributed by atoms with Crippen LogP contribution in [-0.2, 0) is 6.42 Å². The van der Waals surface area contributed by atoms with Crippen molar-refractivity contribution in [1.82, 2.24) is 4.98 Å². The highest BCUT2D eigenvalue weighted by atomic mass is 16.5. The molecule has 3 rings (SSSR count). The van der Waals surface area contributed by atoms with Gasteiger partial charge in [0, 0.05) is 16.6 Å². The number of hydrogen-bond acceptors (Lipinski definition) is 2. The molecule has 0 aliphatic heterocycles. The Morgan fingerprint density at radius 3 is 2.50 bits per heavy atom. The van der Waals surface area contributed by atoms with Gasteiger partial charge >= 0.3 is 0 Å². The zero-order valence-electron chi connectivity index (χ0n) is 11.6. The first-order valence-electron chi connectivity index (χ1n) is 6.71. The fraction of sp³-hybridized carbons (Fsp3) is 0.176. The minimum atomic E-state index is 0.299. The van der Waals surface area contributed by atoms with E-state index in [4.69, 9.17) is 4.74 Å². The van der Waals surface area contributed by atoms with Gasteiger partial charge in [-0.1, -0.05) is 6.92 Å². The Morgan fingerprint density at radius 1 is 1.10 bits per heavy atom. The Balaban J connectivity index is 2.19. The van der Waals surface area contributed by atoms with Crippen molar-refractivity contribution in [3.8, 4) is 22.8 Å². The molecule has 0 aliphatic carbocycles. The van der Waals surface area contributed by atoms with Crippen LogP contribution in [0.5, 0.6) is 11.5 Å². The summed E-state index contributed by atoms with van der Waals surface area (Å²) in [6.07, 6.45) is 0.908. The molecule has 0 saturated carbocycles. The van der Waals surface area contributed by atoms with Crippen molar-refractivity contribution in [3.63, 3.8) is 0 Å². The Labute approximate surface area is 117 Å². The van der Waals surface area contributed by atoms with Gasteiger partial charge in [0.15, 0.2) is 0 Å². The predicted octanol–water partition coefficient (Wildman–Crippen LogP) is 4.11. The van der Waals surface area contributed by atoms with E-state index < -0.39 is 0 Å². The molecule has 0 saturated heterocycles. The van der Waals surface area contributed by atoms with E-state index in [1.807, 2.05) is 36.4 Å². The molecular formula is C17H17NO2. The molecule has 3 heteroatoms. The number of aryl methyl sites for hydroxylation is 1. The van der Waals surface area contributed by atoms with E-state index in [-0.39, 0.29) is 0 Å². The number of aromatic amines is 1. The molecule has 20 heavy (non-hydrogen) atoms. The molecule has 0 bridgehead atoms. The number of nitrogens with one attached hydrogen (secondary N) is 1. The smallest absolute Gasteiger partial charge is 0.118 e.